The maximum absolute atomic E-state index is 12.8. The molecule has 1 aliphatic carbocycles. The number of aromatic nitrogens is 4. The van der Waals surface area contributed by atoms with Crippen molar-refractivity contribution in [1.29, 1.82) is 0 Å². The van der Waals surface area contributed by atoms with Gasteiger partial charge in [0.15, 0.2) is 0 Å². The molecule has 1 amide bonds. The largest absolute Gasteiger partial charge is 0.342 e. The summed E-state index contributed by atoms with van der Waals surface area (Å²) < 4.78 is 0. The highest BCUT2D eigenvalue weighted by Crippen LogP contribution is 2.43. The van der Waals surface area contributed by atoms with Gasteiger partial charge in [-0.1, -0.05) is 20.8 Å². The third-order valence-corrected chi connectivity index (χ3v) is 6.19. The first-order valence-corrected chi connectivity index (χ1v) is 10.2. The third kappa shape index (κ3) is 3.38. The Morgan fingerprint density at radius 2 is 2.14 bits per heavy atom. The minimum Gasteiger partial charge on any atom is -0.342 e. The molecule has 0 radical (unpaired) electrons. The van der Waals surface area contributed by atoms with E-state index in [9.17, 15) is 9.59 Å². The lowest BCUT2D eigenvalue weighted by Gasteiger charge is -2.40. The third-order valence-electron chi connectivity index (χ3n) is 6.19. The van der Waals surface area contributed by atoms with Gasteiger partial charge in [0, 0.05) is 42.1 Å². The Balaban J connectivity index is 1.57. The fourth-order valence-electron chi connectivity index (χ4n) is 4.57. The lowest BCUT2D eigenvalue weighted by Crippen LogP contribution is -2.48. The zero-order chi connectivity index (χ0) is 19.9. The predicted molar refractivity (Wildman–Crippen MR) is 106 cm³/mol. The fraction of sp³-hybridized carbons (Fsp3) is 0.619. The zero-order valence-corrected chi connectivity index (χ0v) is 17.0. The highest BCUT2D eigenvalue weighted by molar-refractivity contribution is 5.76. The minimum atomic E-state index is -0.216. The molecule has 0 saturated carbocycles. The Kier molecular flexibility index (Phi) is 4.63. The molecule has 1 spiro atoms. The molecule has 150 valence electrons. The number of hydrogen-bond donors (Lipinski definition) is 2. The number of rotatable bonds is 3. The van der Waals surface area contributed by atoms with Gasteiger partial charge in [-0.25, -0.2) is 4.98 Å². The molecule has 1 fully saturated rings. The van der Waals surface area contributed by atoms with Crippen molar-refractivity contribution in [2.45, 2.75) is 70.1 Å². The van der Waals surface area contributed by atoms with Gasteiger partial charge in [0.1, 0.15) is 5.82 Å². The van der Waals surface area contributed by atoms with E-state index >= 15 is 0 Å². The van der Waals surface area contributed by atoms with Crippen LogP contribution in [0.1, 0.15) is 69.1 Å². The molecular weight excluding hydrogens is 354 g/mol. The van der Waals surface area contributed by atoms with Crippen LogP contribution in [-0.4, -0.2) is 44.1 Å². The normalized spacial score (nSPS) is 21.9. The summed E-state index contributed by atoms with van der Waals surface area (Å²) >= 11 is 0. The van der Waals surface area contributed by atoms with Gasteiger partial charge < -0.3 is 9.88 Å². The number of H-pyrrole nitrogens is 2. The average Bonchev–Trinajstić information content (AvgIpc) is 3.28. The number of amides is 1. The van der Waals surface area contributed by atoms with E-state index in [1.165, 1.54) is 0 Å². The van der Waals surface area contributed by atoms with Crippen LogP contribution >= 0.6 is 0 Å². The second-order valence-corrected chi connectivity index (χ2v) is 9.30. The Bertz CT molecular complexity index is 925. The van der Waals surface area contributed by atoms with Crippen LogP contribution in [0.4, 0.5) is 0 Å². The summed E-state index contributed by atoms with van der Waals surface area (Å²) in [4.78, 5) is 35.4. The Morgan fingerprint density at radius 1 is 1.32 bits per heavy atom. The SMILES string of the molecule is CC(C)(C)c1nc2c(c(=O)[nH]1)CCC21CCCN(C(=O)CCc2cn[nH]c2)C1. The molecule has 1 atom stereocenters. The molecule has 3 heterocycles. The number of nitrogens with zero attached hydrogens (tertiary/aromatic N) is 3. The van der Waals surface area contributed by atoms with E-state index < -0.39 is 0 Å². The van der Waals surface area contributed by atoms with E-state index in [-0.39, 0.29) is 22.3 Å². The first kappa shape index (κ1) is 18.9. The van der Waals surface area contributed by atoms with E-state index in [0.29, 0.717) is 19.4 Å². The number of fused-ring (bicyclic) bond motifs is 2. The predicted octanol–water partition coefficient (Wildman–Crippen LogP) is 2.23. The average molecular weight is 383 g/mol. The lowest BCUT2D eigenvalue weighted by atomic mass is 9.77. The maximum atomic E-state index is 12.8. The van der Waals surface area contributed by atoms with E-state index in [2.05, 4.69) is 36.0 Å². The van der Waals surface area contributed by atoms with Gasteiger partial charge >= 0.3 is 0 Å². The van der Waals surface area contributed by atoms with Gasteiger partial charge in [-0.15, -0.1) is 0 Å². The van der Waals surface area contributed by atoms with E-state index in [4.69, 9.17) is 4.98 Å². The van der Waals surface area contributed by atoms with Crippen LogP contribution < -0.4 is 5.56 Å². The molecule has 2 N–H and O–H groups in total. The molecule has 2 aliphatic rings. The van der Waals surface area contributed by atoms with Crippen molar-refractivity contribution < 1.29 is 4.79 Å². The van der Waals surface area contributed by atoms with Crippen LogP contribution in [0.2, 0.25) is 0 Å². The molecule has 2 aromatic rings. The number of aryl methyl sites for hydroxylation is 1. The van der Waals surface area contributed by atoms with Gasteiger partial charge in [-0.2, -0.15) is 5.10 Å². The quantitative estimate of drug-likeness (QED) is 0.850. The summed E-state index contributed by atoms with van der Waals surface area (Å²) in [6.07, 6.45) is 8.38. The Labute approximate surface area is 165 Å². The number of aromatic amines is 2. The summed E-state index contributed by atoms with van der Waals surface area (Å²) in [5, 5.41) is 6.73. The van der Waals surface area contributed by atoms with Gasteiger partial charge in [0.25, 0.3) is 5.56 Å². The first-order valence-electron chi connectivity index (χ1n) is 10.2. The van der Waals surface area contributed by atoms with Crippen LogP contribution in [0.5, 0.6) is 0 Å². The molecule has 7 nitrogen and oxygen atoms in total. The lowest BCUT2D eigenvalue weighted by molar-refractivity contribution is -0.133. The fourth-order valence-corrected chi connectivity index (χ4v) is 4.57. The van der Waals surface area contributed by atoms with E-state index in [1.54, 1.807) is 6.20 Å². The summed E-state index contributed by atoms with van der Waals surface area (Å²) in [5.74, 6) is 0.913. The molecule has 2 aromatic heterocycles. The van der Waals surface area contributed by atoms with Crippen LogP contribution in [0, 0.1) is 0 Å². The van der Waals surface area contributed by atoms with Crippen LogP contribution in [0.25, 0.3) is 0 Å². The molecule has 1 unspecified atom stereocenters. The molecule has 0 bridgehead atoms. The topological polar surface area (TPSA) is 94.7 Å². The minimum absolute atomic E-state index is 0.00444. The summed E-state index contributed by atoms with van der Waals surface area (Å²) in [7, 11) is 0. The van der Waals surface area contributed by atoms with Crippen molar-refractivity contribution in [2.24, 2.45) is 0 Å². The molecule has 4 rings (SSSR count). The molecule has 7 heteroatoms. The van der Waals surface area contributed by atoms with Crippen LogP contribution in [-0.2, 0) is 28.5 Å². The molecular formula is C21H29N5O2. The molecule has 0 aromatic carbocycles. The second-order valence-electron chi connectivity index (χ2n) is 9.30. The standard InChI is InChI=1S/C21H29N5O2/c1-20(2,3)19-24-17-15(18(28)25-19)7-9-21(17)8-4-10-26(13-21)16(27)6-5-14-11-22-23-12-14/h11-12H,4-10,13H2,1-3H3,(H,22,23)(H,24,25,28). The highest BCUT2D eigenvalue weighted by Gasteiger charge is 2.45. The number of hydrogen-bond acceptors (Lipinski definition) is 4. The number of carbonyl (C=O) groups is 1. The van der Waals surface area contributed by atoms with Crippen molar-refractivity contribution in [3.05, 3.63) is 45.4 Å². The first-order chi connectivity index (χ1) is 13.3. The van der Waals surface area contributed by atoms with Crippen LogP contribution in [0.15, 0.2) is 17.2 Å². The molecule has 28 heavy (non-hydrogen) atoms. The number of piperidine rings is 1. The second kappa shape index (κ2) is 6.87. The van der Waals surface area contributed by atoms with Gasteiger partial charge in [0.05, 0.1) is 11.9 Å². The van der Waals surface area contributed by atoms with Gasteiger partial charge in [-0.05, 0) is 37.7 Å². The van der Waals surface area contributed by atoms with Crippen molar-refractivity contribution >= 4 is 5.91 Å². The van der Waals surface area contributed by atoms with Crippen molar-refractivity contribution in [1.82, 2.24) is 25.1 Å². The molecule has 1 saturated heterocycles. The monoisotopic (exact) mass is 383 g/mol. The smallest absolute Gasteiger partial charge is 0.254 e. The van der Waals surface area contributed by atoms with Crippen molar-refractivity contribution in [3.8, 4) is 0 Å². The van der Waals surface area contributed by atoms with Crippen molar-refractivity contribution in [3.63, 3.8) is 0 Å². The van der Waals surface area contributed by atoms with Gasteiger partial charge in [0.2, 0.25) is 5.91 Å². The van der Waals surface area contributed by atoms with E-state index in [1.807, 2.05) is 11.1 Å². The van der Waals surface area contributed by atoms with Gasteiger partial charge in [-0.3, -0.25) is 14.7 Å². The Morgan fingerprint density at radius 3 is 2.86 bits per heavy atom. The maximum Gasteiger partial charge on any atom is 0.254 e. The molecule has 1 aliphatic heterocycles. The Hall–Kier alpha value is -2.44. The number of likely N-dealkylation sites (tertiary alicyclic amines) is 1. The number of carbonyl (C=O) groups excluding carboxylic acids is 1. The summed E-state index contributed by atoms with van der Waals surface area (Å²) in [6, 6.07) is 0. The number of nitrogens with one attached hydrogen (secondary N) is 2. The van der Waals surface area contributed by atoms with E-state index in [0.717, 1.165) is 54.9 Å². The highest BCUT2D eigenvalue weighted by atomic mass is 16.2. The van der Waals surface area contributed by atoms with Crippen molar-refractivity contribution in [2.75, 3.05) is 13.1 Å². The zero-order valence-electron chi connectivity index (χ0n) is 17.0. The summed E-state index contributed by atoms with van der Waals surface area (Å²) in [5.41, 5.74) is 2.42. The summed E-state index contributed by atoms with van der Waals surface area (Å²) in [6.45, 7) is 7.64. The van der Waals surface area contributed by atoms with Crippen LogP contribution in [0.3, 0.4) is 0 Å².